The standard InChI is InChI=1S/C14H16BrFN2O3/c1-9(14(20)18-4-6-21-7-5-18)17-13(19)11-8-10(16)2-3-12(11)15/h2-3,8-9H,4-7H2,1H3,(H,17,19)/t9-/m0/s1. The van der Waals surface area contributed by atoms with Gasteiger partial charge >= 0.3 is 0 Å². The van der Waals surface area contributed by atoms with Crippen molar-refractivity contribution >= 4 is 27.7 Å². The van der Waals surface area contributed by atoms with Gasteiger partial charge in [0.15, 0.2) is 0 Å². The molecule has 1 N–H and O–H groups in total. The van der Waals surface area contributed by atoms with Crippen LogP contribution in [0, 0.1) is 5.82 Å². The van der Waals surface area contributed by atoms with Crippen LogP contribution >= 0.6 is 15.9 Å². The van der Waals surface area contributed by atoms with Gasteiger partial charge in [0.05, 0.1) is 18.8 Å². The summed E-state index contributed by atoms with van der Waals surface area (Å²) in [6.45, 7) is 3.65. The molecule has 1 aromatic carbocycles. The molecule has 0 unspecified atom stereocenters. The van der Waals surface area contributed by atoms with Gasteiger partial charge in [-0.1, -0.05) is 0 Å². The molecular weight excluding hydrogens is 343 g/mol. The molecule has 0 aliphatic carbocycles. The Hall–Kier alpha value is -1.47. The minimum atomic E-state index is -0.675. The van der Waals surface area contributed by atoms with E-state index in [-0.39, 0.29) is 11.5 Å². The average molecular weight is 359 g/mol. The van der Waals surface area contributed by atoms with Gasteiger partial charge in [0, 0.05) is 17.6 Å². The second-order valence-corrected chi connectivity index (χ2v) is 5.61. The summed E-state index contributed by atoms with van der Waals surface area (Å²) in [5.41, 5.74) is 0.164. The van der Waals surface area contributed by atoms with Crippen molar-refractivity contribution in [2.24, 2.45) is 0 Å². The van der Waals surface area contributed by atoms with Gasteiger partial charge in [-0.3, -0.25) is 9.59 Å². The Labute approximate surface area is 130 Å². The van der Waals surface area contributed by atoms with Gasteiger partial charge in [-0.2, -0.15) is 0 Å². The van der Waals surface area contributed by atoms with E-state index < -0.39 is 17.8 Å². The smallest absolute Gasteiger partial charge is 0.253 e. The summed E-state index contributed by atoms with van der Waals surface area (Å²) in [5, 5.41) is 2.59. The van der Waals surface area contributed by atoms with E-state index in [1.165, 1.54) is 12.1 Å². The number of hydrogen-bond donors (Lipinski definition) is 1. The van der Waals surface area contributed by atoms with Crippen molar-refractivity contribution in [1.29, 1.82) is 0 Å². The van der Waals surface area contributed by atoms with Crippen molar-refractivity contribution in [3.05, 3.63) is 34.1 Å². The van der Waals surface area contributed by atoms with Gasteiger partial charge in [-0.25, -0.2) is 4.39 Å². The summed E-state index contributed by atoms with van der Waals surface area (Å²) in [6.07, 6.45) is 0. The van der Waals surface area contributed by atoms with Gasteiger partial charge in [0.25, 0.3) is 5.91 Å². The third-order valence-corrected chi connectivity index (χ3v) is 3.91. The molecule has 114 valence electrons. The van der Waals surface area contributed by atoms with E-state index in [1.54, 1.807) is 11.8 Å². The van der Waals surface area contributed by atoms with E-state index in [9.17, 15) is 14.0 Å². The van der Waals surface area contributed by atoms with Crippen LogP contribution in [0.25, 0.3) is 0 Å². The maximum absolute atomic E-state index is 13.2. The first-order valence-corrected chi connectivity index (χ1v) is 7.41. The summed E-state index contributed by atoms with van der Waals surface area (Å²) < 4.78 is 18.9. The molecule has 5 nitrogen and oxygen atoms in total. The van der Waals surface area contributed by atoms with Crippen LogP contribution in [0.5, 0.6) is 0 Å². The average Bonchev–Trinajstić information content (AvgIpc) is 2.49. The fourth-order valence-corrected chi connectivity index (χ4v) is 2.49. The van der Waals surface area contributed by atoms with Crippen LogP contribution < -0.4 is 5.32 Å². The zero-order chi connectivity index (χ0) is 15.4. The highest BCUT2D eigenvalue weighted by molar-refractivity contribution is 9.10. The van der Waals surface area contributed by atoms with E-state index in [0.717, 1.165) is 6.07 Å². The normalized spacial score (nSPS) is 16.4. The highest BCUT2D eigenvalue weighted by Crippen LogP contribution is 2.18. The number of hydrogen-bond acceptors (Lipinski definition) is 3. The largest absolute Gasteiger partial charge is 0.378 e. The lowest BCUT2D eigenvalue weighted by Crippen LogP contribution is -2.50. The van der Waals surface area contributed by atoms with Crippen LogP contribution in [0.15, 0.2) is 22.7 Å². The number of amides is 2. The minimum Gasteiger partial charge on any atom is -0.378 e. The fourth-order valence-electron chi connectivity index (χ4n) is 2.07. The third-order valence-electron chi connectivity index (χ3n) is 3.21. The molecule has 1 aromatic rings. The maximum Gasteiger partial charge on any atom is 0.253 e. The topological polar surface area (TPSA) is 58.6 Å². The first-order valence-electron chi connectivity index (χ1n) is 6.61. The molecule has 21 heavy (non-hydrogen) atoms. The van der Waals surface area contributed by atoms with E-state index in [4.69, 9.17) is 4.74 Å². The molecule has 1 atom stereocenters. The number of benzene rings is 1. The minimum absolute atomic E-state index is 0.164. The van der Waals surface area contributed by atoms with Crippen LogP contribution in [-0.4, -0.2) is 49.1 Å². The van der Waals surface area contributed by atoms with Crippen LogP contribution in [0.3, 0.4) is 0 Å². The summed E-state index contributed by atoms with van der Waals surface area (Å²) in [4.78, 5) is 25.9. The van der Waals surface area contributed by atoms with Gasteiger partial charge < -0.3 is 15.0 Å². The number of rotatable bonds is 3. The summed E-state index contributed by atoms with van der Waals surface area (Å²) >= 11 is 3.20. The van der Waals surface area contributed by atoms with Crippen LogP contribution in [0.4, 0.5) is 4.39 Å². The lowest BCUT2D eigenvalue weighted by atomic mass is 10.2. The Morgan fingerprint density at radius 2 is 2.05 bits per heavy atom. The van der Waals surface area contributed by atoms with E-state index >= 15 is 0 Å². The third kappa shape index (κ3) is 4.01. The van der Waals surface area contributed by atoms with Crippen LogP contribution in [0.1, 0.15) is 17.3 Å². The molecule has 1 aliphatic heterocycles. The van der Waals surface area contributed by atoms with Gasteiger partial charge in [-0.05, 0) is 41.1 Å². The van der Waals surface area contributed by atoms with Crippen LogP contribution in [0.2, 0.25) is 0 Å². The molecule has 1 heterocycles. The molecule has 1 fully saturated rings. The van der Waals surface area contributed by atoms with Gasteiger partial charge in [-0.15, -0.1) is 0 Å². The molecule has 7 heteroatoms. The number of carbonyl (C=O) groups excluding carboxylic acids is 2. The maximum atomic E-state index is 13.2. The fraction of sp³-hybridized carbons (Fsp3) is 0.429. The van der Waals surface area contributed by atoms with Crippen molar-refractivity contribution < 1.29 is 18.7 Å². The Morgan fingerprint density at radius 3 is 2.71 bits per heavy atom. The van der Waals surface area contributed by atoms with E-state index in [2.05, 4.69) is 21.2 Å². The van der Waals surface area contributed by atoms with Crippen molar-refractivity contribution in [1.82, 2.24) is 10.2 Å². The second-order valence-electron chi connectivity index (χ2n) is 4.76. The Balaban J connectivity index is 2.01. The number of halogens is 2. The summed E-state index contributed by atoms with van der Waals surface area (Å²) in [6, 6.07) is 3.17. The lowest BCUT2D eigenvalue weighted by molar-refractivity contribution is -0.136. The van der Waals surface area contributed by atoms with Crippen molar-refractivity contribution in [3.63, 3.8) is 0 Å². The molecule has 1 saturated heterocycles. The predicted octanol–water partition coefficient (Wildman–Crippen LogP) is 1.57. The van der Waals surface area contributed by atoms with Crippen LogP contribution in [-0.2, 0) is 9.53 Å². The van der Waals surface area contributed by atoms with Crippen molar-refractivity contribution in [3.8, 4) is 0 Å². The number of nitrogens with zero attached hydrogens (tertiary/aromatic N) is 1. The molecule has 0 radical (unpaired) electrons. The summed E-state index contributed by atoms with van der Waals surface area (Å²) in [7, 11) is 0. The molecule has 1 aliphatic rings. The SMILES string of the molecule is C[C@H](NC(=O)c1cc(F)ccc1Br)C(=O)N1CCOCC1. The number of carbonyl (C=O) groups is 2. The monoisotopic (exact) mass is 358 g/mol. The Kier molecular flexibility index (Phi) is 5.30. The number of nitrogens with one attached hydrogen (secondary N) is 1. The number of ether oxygens (including phenoxy) is 1. The highest BCUT2D eigenvalue weighted by Gasteiger charge is 2.24. The van der Waals surface area contributed by atoms with E-state index in [0.29, 0.717) is 30.8 Å². The van der Waals surface area contributed by atoms with Crippen molar-refractivity contribution in [2.45, 2.75) is 13.0 Å². The zero-order valence-corrected chi connectivity index (χ0v) is 13.2. The van der Waals surface area contributed by atoms with Gasteiger partial charge in [0.2, 0.25) is 5.91 Å². The van der Waals surface area contributed by atoms with Crippen molar-refractivity contribution in [2.75, 3.05) is 26.3 Å². The van der Waals surface area contributed by atoms with Gasteiger partial charge in [0.1, 0.15) is 11.9 Å². The predicted molar refractivity (Wildman–Crippen MR) is 78.4 cm³/mol. The summed E-state index contributed by atoms with van der Waals surface area (Å²) in [5.74, 6) is -1.16. The Morgan fingerprint density at radius 1 is 1.38 bits per heavy atom. The zero-order valence-electron chi connectivity index (χ0n) is 11.6. The van der Waals surface area contributed by atoms with E-state index in [1.807, 2.05) is 0 Å². The molecule has 0 bridgehead atoms. The molecule has 0 saturated carbocycles. The first-order chi connectivity index (χ1) is 9.99. The Bertz CT molecular complexity index is 547. The molecular formula is C14H16BrFN2O3. The number of morpholine rings is 1. The molecule has 0 aromatic heterocycles. The highest BCUT2D eigenvalue weighted by atomic mass is 79.9. The molecule has 2 rings (SSSR count). The first kappa shape index (κ1) is 15.9. The molecule has 0 spiro atoms. The quantitative estimate of drug-likeness (QED) is 0.891. The molecule has 2 amide bonds. The lowest BCUT2D eigenvalue weighted by Gasteiger charge is -2.29. The second kappa shape index (κ2) is 7.00.